The molecule has 0 saturated heterocycles. The van der Waals surface area contributed by atoms with Crippen molar-refractivity contribution in [3.05, 3.63) is 54.1 Å². The molecule has 2 aromatic carbocycles. The van der Waals surface area contributed by atoms with Gasteiger partial charge in [0.15, 0.2) is 5.11 Å². The van der Waals surface area contributed by atoms with Crippen molar-refractivity contribution in [1.82, 2.24) is 10.3 Å². The Labute approximate surface area is 153 Å². The third-order valence-corrected chi connectivity index (χ3v) is 4.43. The van der Waals surface area contributed by atoms with E-state index in [-0.39, 0.29) is 21.6 Å². The number of hydrogen-bond donors (Lipinski definition) is 4. The minimum absolute atomic E-state index is 0.0881. The minimum atomic E-state index is -3.96. The van der Waals surface area contributed by atoms with Crippen molar-refractivity contribution in [2.75, 3.05) is 10.6 Å². The summed E-state index contributed by atoms with van der Waals surface area (Å²) >= 11 is 4.86. The lowest BCUT2D eigenvalue weighted by atomic mass is 10.3. The first kappa shape index (κ1) is 19.7. The number of nitrogens with one attached hydrogen (secondary N) is 4. The molecule has 0 spiro atoms. The van der Waals surface area contributed by atoms with Crippen LogP contribution in [0.25, 0.3) is 0 Å². The number of hydrogen-bond acceptors (Lipinski definition) is 4. The van der Waals surface area contributed by atoms with Crippen molar-refractivity contribution in [3.8, 4) is 0 Å². The molecule has 0 fully saturated rings. The van der Waals surface area contributed by atoms with Crippen LogP contribution in [0.1, 0.15) is 6.92 Å². The summed E-state index contributed by atoms with van der Waals surface area (Å²) in [5.74, 6) is -1.93. The van der Waals surface area contributed by atoms with Crippen LogP contribution in [0.15, 0.2) is 47.4 Å². The Bertz CT molecular complexity index is 934. The Balaban J connectivity index is 1.98. The smallest absolute Gasteiger partial charge is 0.257 e. The highest BCUT2D eigenvalue weighted by Gasteiger charge is 2.14. The van der Waals surface area contributed by atoms with Crippen molar-refractivity contribution in [2.24, 2.45) is 0 Å². The van der Waals surface area contributed by atoms with E-state index >= 15 is 0 Å². The Hall–Kier alpha value is -2.63. The Morgan fingerprint density at radius 3 is 2.27 bits per heavy atom. The van der Waals surface area contributed by atoms with Crippen LogP contribution < -0.4 is 20.9 Å². The molecule has 0 radical (unpaired) electrons. The maximum atomic E-state index is 13.5. The molecule has 0 aliphatic heterocycles. The second-order valence-corrected chi connectivity index (χ2v) is 7.11. The molecule has 7 nitrogen and oxygen atoms in total. The minimum Gasteiger partial charge on any atom is -0.329 e. The molecule has 11 heteroatoms. The molecule has 0 heterocycles. The molecule has 4 N–H and O–H groups in total. The Kier molecular flexibility index (Phi) is 6.18. The van der Waals surface area contributed by atoms with E-state index in [4.69, 9.17) is 12.2 Å². The lowest BCUT2D eigenvalue weighted by molar-refractivity contribution is -0.114. The van der Waals surface area contributed by atoms with Gasteiger partial charge in [-0.25, -0.2) is 17.2 Å². The zero-order chi connectivity index (χ0) is 19.3. The topological polar surface area (TPSA) is 99.3 Å². The van der Waals surface area contributed by atoms with E-state index in [1.165, 1.54) is 31.2 Å². The second-order valence-electron chi connectivity index (χ2n) is 5.01. The quantitative estimate of drug-likeness (QED) is 0.453. The van der Waals surface area contributed by atoms with Gasteiger partial charge in [-0.05, 0) is 48.6 Å². The van der Waals surface area contributed by atoms with E-state index in [9.17, 15) is 22.0 Å². The van der Waals surface area contributed by atoms with Gasteiger partial charge in [-0.1, -0.05) is 0 Å². The lowest BCUT2D eigenvalue weighted by Crippen LogP contribution is -2.43. The Morgan fingerprint density at radius 2 is 1.69 bits per heavy atom. The summed E-state index contributed by atoms with van der Waals surface area (Å²) in [5.41, 5.74) is 2.53. The third-order valence-electron chi connectivity index (χ3n) is 2.96. The van der Waals surface area contributed by atoms with E-state index < -0.39 is 21.7 Å². The summed E-state index contributed by atoms with van der Waals surface area (Å²) in [4.78, 5) is 12.9. The lowest BCUT2D eigenvalue weighted by Gasteiger charge is -2.13. The molecule has 138 valence electrons. The van der Waals surface area contributed by atoms with Gasteiger partial charge in [0.1, 0.15) is 11.6 Å². The molecule has 26 heavy (non-hydrogen) atoms. The first-order valence-electron chi connectivity index (χ1n) is 7.09. The molecule has 2 rings (SSSR count). The molecular weight excluding hydrogens is 386 g/mol. The Morgan fingerprint density at radius 1 is 1.04 bits per heavy atom. The van der Waals surface area contributed by atoms with Gasteiger partial charge in [-0.2, -0.15) is 0 Å². The molecule has 0 unspecified atom stereocenters. The average molecular weight is 400 g/mol. The molecule has 0 saturated carbocycles. The third kappa shape index (κ3) is 5.44. The van der Waals surface area contributed by atoms with Crippen molar-refractivity contribution >= 4 is 44.6 Å². The number of carbonyl (C=O) groups excluding carboxylic acids is 1. The van der Waals surface area contributed by atoms with Crippen LogP contribution in [0.2, 0.25) is 0 Å². The van der Waals surface area contributed by atoms with Crippen LogP contribution in [0.3, 0.4) is 0 Å². The summed E-state index contributed by atoms with van der Waals surface area (Å²) in [6.45, 7) is 1.33. The van der Waals surface area contributed by atoms with Gasteiger partial charge < -0.3 is 10.6 Å². The van der Waals surface area contributed by atoms with Crippen LogP contribution in [-0.4, -0.2) is 19.4 Å². The largest absolute Gasteiger partial charge is 0.329 e. The van der Waals surface area contributed by atoms with Crippen LogP contribution >= 0.6 is 12.2 Å². The number of thiocarbonyl (C=S) groups is 1. The molecular formula is C15H14F2N4O3S2. The van der Waals surface area contributed by atoms with Crippen molar-refractivity contribution in [2.45, 2.75) is 11.8 Å². The van der Waals surface area contributed by atoms with Crippen LogP contribution in [0, 0.1) is 11.6 Å². The summed E-state index contributed by atoms with van der Waals surface area (Å²) < 4.78 is 50.7. The fourth-order valence-electron chi connectivity index (χ4n) is 1.84. The molecule has 0 bridgehead atoms. The summed E-state index contributed by atoms with van der Waals surface area (Å²) in [7, 11) is -3.96. The average Bonchev–Trinajstić information content (AvgIpc) is 2.56. The first-order valence-corrected chi connectivity index (χ1v) is 8.98. The first-order chi connectivity index (χ1) is 12.2. The SMILES string of the molecule is CC(=O)Nc1ccc(S(=O)(=O)NNC(=S)Nc2ccc(F)cc2F)cc1. The zero-order valence-corrected chi connectivity index (χ0v) is 15.0. The molecule has 1 amide bonds. The van der Waals surface area contributed by atoms with Gasteiger partial charge in [0.25, 0.3) is 10.0 Å². The van der Waals surface area contributed by atoms with E-state index in [0.717, 1.165) is 12.1 Å². The van der Waals surface area contributed by atoms with E-state index in [2.05, 4.69) is 16.1 Å². The van der Waals surface area contributed by atoms with Gasteiger partial charge in [0.05, 0.1) is 10.6 Å². The normalized spacial score (nSPS) is 10.9. The van der Waals surface area contributed by atoms with Gasteiger partial charge in [0, 0.05) is 18.7 Å². The second kappa shape index (κ2) is 8.17. The number of anilines is 2. The number of sulfonamides is 1. The van der Waals surface area contributed by atoms with Crippen LogP contribution in [-0.2, 0) is 14.8 Å². The highest BCUT2D eigenvalue weighted by atomic mass is 32.2. The summed E-state index contributed by atoms with van der Waals surface area (Å²) in [6, 6.07) is 8.20. The number of rotatable bonds is 5. The number of hydrazine groups is 1. The number of carbonyl (C=O) groups is 1. The maximum absolute atomic E-state index is 13.5. The van der Waals surface area contributed by atoms with E-state index in [0.29, 0.717) is 11.8 Å². The van der Waals surface area contributed by atoms with E-state index in [1.54, 1.807) is 0 Å². The van der Waals surface area contributed by atoms with Crippen molar-refractivity contribution in [3.63, 3.8) is 0 Å². The van der Waals surface area contributed by atoms with Gasteiger partial charge in [0.2, 0.25) is 5.91 Å². The predicted octanol–water partition coefficient (Wildman–Crippen LogP) is 2.10. The zero-order valence-electron chi connectivity index (χ0n) is 13.3. The maximum Gasteiger partial charge on any atom is 0.257 e. The predicted molar refractivity (Wildman–Crippen MR) is 96.8 cm³/mol. The number of halogens is 2. The summed E-state index contributed by atoms with van der Waals surface area (Å²) in [6.07, 6.45) is 0. The monoisotopic (exact) mass is 400 g/mol. The van der Waals surface area contributed by atoms with E-state index in [1.807, 2.05) is 4.83 Å². The molecule has 0 atom stereocenters. The molecule has 0 aromatic heterocycles. The fourth-order valence-corrected chi connectivity index (χ4v) is 2.91. The highest BCUT2D eigenvalue weighted by molar-refractivity contribution is 7.89. The molecule has 0 aliphatic carbocycles. The van der Waals surface area contributed by atoms with Crippen LogP contribution in [0.4, 0.5) is 20.2 Å². The van der Waals surface area contributed by atoms with Gasteiger partial charge in [-0.3, -0.25) is 10.2 Å². The summed E-state index contributed by atoms with van der Waals surface area (Å²) in [5, 5.41) is 4.66. The fraction of sp³-hybridized carbons (Fsp3) is 0.0667. The van der Waals surface area contributed by atoms with Gasteiger partial charge >= 0.3 is 0 Å². The van der Waals surface area contributed by atoms with Gasteiger partial charge in [-0.15, -0.1) is 4.83 Å². The van der Waals surface area contributed by atoms with Crippen LogP contribution in [0.5, 0.6) is 0 Å². The molecule has 0 aliphatic rings. The number of amides is 1. The van der Waals surface area contributed by atoms with Crippen molar-refractivity contribution in [1.29, 1.82) is 0 Å². The number of benzene rings is 2. The molecule has 2 aromatic rings. The highest BCUT2D eigenvalue weighted by Crippen LogP contribution is 2.15. The standard InChI is InChI=1S/C15H14F2N4O3S2/c1-9(22)18-11-3-5-12(6-4-11)26(23,24)21-20-15(25)19-14-7-2-10(16)8-13(14)17/h2-8,21H,1H3,(H,18,22)(H2,19,20,25). The van der Waals surface area contributed by atoms with Crippen molar-refractivity contribution < 1.29 is 22.0 Å².